The minimum Gasteiger partial charge on any atom is -0.373 e. The third-order valence-electron chi connectivity index (χ3n) is 3.16. The van der Waals surface area contributed by atoms with E-state index in [1.54, 1.807) is 13.0 Å². The summed E-state index contributed by atoms with van der Waals surface area (Å²) in [7, 11) is 0. The van der Waals surface area contributed by atoms with Crippen LogP contribution in [0, 0.1) is 6.92 Å². The fraction of sp³-hybridized carbons (Fsp3) is 0.385. The highest BCUT2D eigenvalue weighted by molar-refractivity contribution is 6.31. The standard InChI is InChI=1S/C13H15ClN2O2/c1-3-16-12(17)7-11(13(16)18)15-10-6-4-5-9(14)8(10)2/h4-6,11,15H,3,7H2,1-2H3. The Labute approximate surface area is 111 Å². The number of amides is 2. The number of nitrogens with one attached hydrogen (secondary N) is 1. The van der Waals surface area contributed by atoms with Gasteiger partial charge in [-0.3, -0.25) is 14.5 Å². The molecule has 2 amide bonds. The van der Waals surface area contributed by atoms with Crippen LogP contribution in [-0.4, -0.2) is 29.3 Å². The first-order chi connectivity index (χ1) is 8.54. The summed E-state index contributed by atoms with van der Waals surface area (Å²) >= 11 is 6.02. The molecule has 1 aliphatic rings. The maximum atomic E-state index is 12.0. The molecule has 1 aromatic rings. The normalized spacial score (nSPS) is 19.5. The second-order valence-corrected chi connectivity index (χ2v) is 4.70. The Morgan fingerprint density at radius 3 is 2.78 bits per heavy atom. The lowest BCUT2D eigenvalue weighted by Crippen LogP contribution is -2.34. The van der Waals surface area contributed by atoms with Crippen molar-refractivity contribution in [2.45, 2.75) is 26.3 Å². The number of likely N-dealkylation sites (N-methyl/N-ethyl adjacent to an activating group) is 1. The summed E-state index contributed by atoms with van der Waals surface area (Å²) in [5, 5.41) is 3.74. The maximum Gasteiger partial charge on any atom is 0.252 e. The summed E-state index contributed by atoms with van der Waals surface area (Å²) in [6.45, 7) is 4.09. The van der Waals surface area contributed by atoms with Gasteiger partial charge in [0.1, 0.15) is 6.04 Å². The molecule has 1 N–H and O–H groups in total. The first-order valence-corrected chi connectivity index (χ1v) is 6.28. The van der Waals surface area contributed by atoms with Crippen molar-refractivity contribution in [3.05, 3.63) is 28.8 Å². The number of likely N-dealkylation sites (tertiary alicyclic amines) is 1. The summed E-state index contributed by atoms with van der Waals surface area (Å²) in [5.74, 6) is -0.290. The smallest absolute Gasteiger partial charge is 0.252 e. The maximum absolute atomic E-state index is 12.0. The summed E-state index contributed by atoms with van der Waals surface area (Å²) in [6, 6.07) is 4.99. The number of benzene rings is 1. The molecule has 0 aliphatic carbocycles. The highest BCUT2D eigenvalue weighted by atomic mass is 35.5. The van der Waals surface area contributed by atoms with Gasteiger partial charge in [0.2, 0.25) is 5.91 Å². The van der Waals surface area contributed by atoms with E-state index in [0.717, 1.165) is 11.3 Å². The number of hydrogen-bond donors (Lipinski definition) is 1. The van der Waals surface area contributed by atoms with Crippen LogP contribution in [0.5, 0.6) is 0 Å². The van der Waals surface area contributed by atoms with Gasteiger partial charge in [-0.2, -0.15) is 0 Å². The second kappa shape index (κ2) is 4.98. The van der Waals surface area contributed by atoms with Gasteiger partial charge in [-0.05, 0) is 31.5 Å². The Balaban J connectivity index is 2.18. The van der Waals surface area contributed by atoms with Crippen LogP contribution in [0.4, 0.5) is 5.69 Å². The van der Waals surface area contributed by atoms with E-state index in [0.29, 0.717) is 11.6 Å². The largest absolute Gasteiger partial charge is 0.373 e. The Hall–Kier alpha value is -1.55. The monoisotopic (exact) mass is 266 g/mol. The molecule has 0 spiro atoms. The zero-order chi connectivity index (χ0) is 13.3. The Kier molecular flexibility index (Phi) is 3.57. The van der Waals surface area contributed by atoms with Gasteiger partial charge in [-0.1, -0.05) is 17.7 Å². The van der Waals surface area contributed by atoms with Crippen LogP contribution in [0.25, 0.3) is 0 Å². The Bertz CT molecular complexity index is 502. The third-order valence-corrected chi connectivity index (χ3v) is 3.57. The van der Waals surface area contributed by atoms with Crippen molar-refractivity contribution in [2.24, 2.45) is 0 Å². The molecule has 0 aromatic heterocycles. The zero-order valence-corrected chi connectivity index (χ0v) is 11.1. The van der Waals surface area contributed by atoms with Gasteiger partial charge >= 0.3 is 0 Å². The number of carbonyl (C=O) groups is 2. The van der Waals surface area contributed by atoms with Crippen molar-refractivity contribution in [2.75, 3.05) is 11.9 Å². The molecule has 1 aromatic carbocycles. The van der Waals surface area contributed by atoms with Crippen molar-refractivity contribution in [1.29, 1.82) is 0 Å². The van der Waals surface area contributed by atoms with Crippen LogP contribution in [0.2, 0.25) is 5.02 Å². The van der Waals surface area contributed by atoms with Gasteiger partial charge in [0.15, 0.2) is 0 Å². The van der Waals surface area contributed by atoms with Crippen LogP contribution in [0.1, 0.15) is 18.9 Å². The molecule has 96 valence electrons. The predicted octanol–water partition coefficient (Wildman–Crippen LogP) is 2.21. The van der Waals surface area contributed by atoms with Crippen LogP contribution >= 0.6 is 11.6 Å². The predicted molar refractivity (Wildman–Crippen MR) is 70.6 cm³/mol. The third kappa shape index (κ3) is 2.20. The van der Waals surface area contributed by atoms with Crippen LogP contribution in [0.15, 0.2) is 18.2 Å². The minimum absolute atomic E-state index is 0.125. The first-order valence-electron chi connectivity index (χ1n) is 5.90. The highest BCUT2D eigenvalue weighted by Crippen LogP contribution is 2.25. The van der Waals surface area contributed by atoms with Gasteiger partial charge in [0.05, 0.1) is 6.42 Å². The lowest BCUT2D eigenvalue weighted by atomic mass is 10.1. The van der Waals surface area contributed by atoms with Gasteiger partial charge < -0.3 is 5.32 Å². The number of hydrogen-bond acceptors (Lipinski definition) is 3. The average molecular weight is 267 g/mol. The fourth-order valence-electron chi connectivity index (χ4n) is 2.08. The molecule has 1 fully saturated rings. The minimum atomic E-state index is -0.477. The van der Waals surface area contributed by atoms with Crippen molar-refractivity contribution < 1.29 is 9.59 Å². The molecule has 1 aliphatic heterocycles. The van der Waals surface area contributed by atoms with Crippen LogP contribution in [0.3, 0.4) is 0 Å². The van der Waals surface area contributed by atoms with Crippen molar-refractivity contribution in [3.8, 4) is 0 Å². The zero-order valence-electron chi connectivity index (χ0n) is 10.4. The molecule has 2 rings (SSSR count). The molecule has 1 saturated heterocycles. The van der Waals surface area contributed by atoms with Gasteiger partial charge in [0, 0.05) is 17.3 Å². The SMILES string of the molecule is CCN1C(=O)CC(Nc2cccc(Cl)c2C)C1=O. The van der Waals surface area contributed by atoms with E-state index in [-0.39, 0.29) is 18.2 Å². The fourth-order valence-corrected chi connectivity index (χ4v) is 2.25. The summed E-state index contributed by atoms with van der Waals surface area (Å²) in [4.78, 5) is 24.8. The second-order valence-electron chi connectivity index (χ2n) is 4.29. The number of halogens is 1. The van der Waals surface area contributed by atoms with Crippen molar-refractivity contribution >= 4 is 29.1 Å². The van der Waals surface area contributed by atoms with Crippen LogP contribution in [-0.2, 0) is 9.59 Å². The number of carbonyl (C=O) groups excluding carboxylic acids is 2. The van der Waals surface area contributed by atoms with E-state index >= 15 is 0 Å². The number of rotatable bonds is 3. The highest BCUT2D eigenvalue weighted by Gasteiger charge is 2.37. The molecule has 5 heteroatoms. The van der Waals surface area contributed by atoms with E-state index in [1.807, 2.05) is 19.1 Å². The molecular formula is C13H15ClN2O2. The van der Waals surface area contributed by atoms with Crippen LogP contribution < -0.4 is 5.32 Å². The Morgan fingerprint density at radius 1 is 1.44 bits per heavy atom. The topological polar surface area (TPSA) is 49.4 Å². The molecular weight excluding hydrogens is 252 g/mol. The quantitative estimate of drug-likeness (QED) is 0.854. The molecule has 1 heterocycles. The molecule has 4 nitrogen and oxygen atoms in total. The molecule has 1 unspecified atom stereocenters. The lowest BCUT2D eigenvalue weighted by molar-refractivity contribution is -0.138. The summed E-state index contributed by atoms with van der Waals surface area (Å²) < 4.78 is 0. The lowest BCUT2D eigenvalue weighted by Gasteiger charge is -2.16. The van der Waals surface area contributed by atoms with E-state index in [2.05, 4.69) is 5.32 Å². The molecule has 18 heavy (non-hydrogen) atoms. The van der Waals surface area contributed by atoms with Crippen molar-refractivity contribution in [1.82, 2.24) is 4.90 Å². The number of anilines is 1. The van der Waals surface area contributed by atoms with Gasteiger partial charge in [0.25, 0.3) is 5.91 Å². The van der Waals surface area contributed by atoms with Gasteiger partial charge in [-0.25, -0.2) is 0 Å². The van der Waals surface area contributed by atoms with E-state index in [1.165, 1.54) is 4.90 Å². The number of imide groups is 1. The summed E-state index contributed by atoms with van der Waals surface area (Å²) in [6.07, 6.45) is 0.207. The Morgan fingerprint density at radius 2 is 2.17 bits per heavy atom. The molecule has 0 bridgehead atoms. The number of nitrogens with zero attached hydrogens (tertiary/aromatic N) is 1. The van der Waals surface area contributed by atoms with Gasteiger partial charge in [-0.15, -0.1) is 0 Å². The van der Waals surface area contributed by atoms with E-state index in [4.69, 9.17) is 11.6 Å². The average Bonchev–Trinajstić information content (AvgIpc) is 2.60. The first kappa shape index (κ1) is 12.9. The molecule has 0 radical (unpaired) electrons. The molecule has 0 saturated carbocycles. The summed E-state index contributed by atoms with van der Waals surface area (Å²) in [5.41, 5.74) is 1.68. The van der Waals surface area contributed by atoms with E-state index < -0.39 is 6.04 Å². The van der Waals surface area contributed by atoms with Crippen molar-refractivity contribution in [3.63, 3.8) is 0 Å². The molecule has 1 atom stereocenters. The van der Waals surface area contributed by atoms with E-state index in [9.17, 15) is 9.59 Å².